The molecule has 0 aliphatic rings. The summed E-state index contributed by atoms with van der Waals surface area (Å²) in [5.41, 5.74) is 0. The zero-order chi connectivity index (χ0) is 13.6. The molecule has 0 aromatic carbocycles. The van der Waals surface area contributed by atoms with Crippen LogP contribution in [0.5, 0.6) is 0 Å². The first-order valence-electron chi connectivity index (χ1n) is 4.74. The Bertz CT molecular complexity index is 379. The molecule has 2 N–H and O–H groups in total. The normalized spacial score (nSPS) is 13.4. The van der Waals surface area contributed by atoms with E-state index >= 15 is 0 Å². The van der Waals surface area contributed by atoms with Gasteiger partial charge in [0.05, 0.1) is 13.5 Å². The van der Waals surface area contributed by atoms with Gasteiger partial charge in [0.1, 0.15) is 6.04 Å². The van der Waals surface area contributed by atoms with Crippen molar-refractivity contribution in [1.82, 2.24) is 9.03 Å². The van der Waals surface area contributed by atoms with E-state index in [0.717, 1.165) is 4.31 Å². The summed E-state index contributed by atoms with van der Waals surface area (Å²) in [7, 11) is -1.48. The first kappa shape index (κ1) is 15.8. The minimum atomic E-state index is -3.91. The molecule has 0 fully saturated rings. The van der Waals surface area contributed by atoms with Crippen molar-refractivity contribution in [2.75, 3.05) is 20.7 Å². The molecule has 8 nitrogen and oxygen atoms in total. The van der Waals surface area contributed by atoms with E-state index in [-0.39, 0.29) is 13.0 Å². The highest BCUT2D eigenvalue weighted by Crippen LogP contribution is 1.98. The molecule has 0 spiro atoms. The maximum atomic E-state index is 11.5. The van der Waals surface area contributed by atoms with Crippen LogP contribution in [0.4, 0.5) is 0 Å². The third-order valence-corrected chi connectivity index (χ3v) is 3.62. The standard InChI is InChI=1S/C8H16N2O6S/c1-6(8(12)13)9-17(14,15)10(2)5-4-7(11)16-3/h6,9H,4-5H2,1-3H3,(H,12,13)/t6-/m1/s1. The molecule has 0 bridgehead atoms. The van der Waals surface area contributed by atoms with Gasteiger partial charge in [-0.25, -0.2) is 0 Å². The van der Waals surface area contributed by atoms with Crippen molar-refractivity contribution in [3.63, 3.8) is 0 Å². The van der Waals surface area contributed by atoms with Crippen LogP contribution in [-0.4, -0.2) is 56.5 Å². The highest BCUT2D eigenvalue weighted by atomic mass is 32.2. The zero-order valence-corrected chi connectivity index (χ0v) is 10.7. The Kier molecular flexibility index (Phi) is 6.07. The van der Waals surface area contributed by atoms with Gasteiger partial charge in [-0.1, -0.05) is 0 Å². The molecule has 0 unspecified atom stereocenters. The predicted octanol–water partition coefficient (Wildman–Crippen LogP) is -1.21. The Morgan fingerprint density at radius 1 is 1.47 bits per heavy atom. The van der Waals surface area contributed by atoms with Gasteiger partial charge >= 0.3 is 11.9 Å². The van der Waals surface area contributed by atoms with Crippen LogP contribution in [-0.2, 0) is 24.5 Å². The van der Waals surface area contributed by atoms with E-state index in [1.54, 1.807) is 0 Å². The van der Waals surface area contributed by atoms with Crippen molar-refractivity contribution in [2.45, 2.75) is 19.4 Å². The molecular weight excluding hydrogens is 252 g/mol. The lowest BCUT2D eigenvalue weighted by molar-refractivity contribution is -0.141. The fourth-order valence-corrected chi connectivity index (χ4v) is 1.89. The Hall–Kier alpha value is -1.19. The van der Waals surface area contributed by atoms with E-state index < -0.39 is 28.2 Å². The fraction of sp³-hybridized carbons (Fsp3) is 0.750. The molecule has 100 valence electrons. The van der Waals surface area contributed by atoms with Gasteiger partial charge in [0.2, 0.25) is 0 Å². The minimum absolute atomic E-state index is 0.0889. The van der Waals surface area contributed by atoms with Crippen LogP contribution >= 0.6 is 0 Å². The van der Waals surface area contributed by atoms with Crippen LogP contribution in [0.15, 0.2) is 0 Å². The summed E-state index contributed by atoms with van der Waals surface area (Å²) in [6.07, 6.45) is -0.102. The SMILES string of the molecule is COC(=O)CCN(C)S(=O)(=O)N[C@H](C)C(=O)O. The predicted molar refractivity (Wildman–Crippen MR) is 58.4 cm³/mol. The Morgan fingerprint density at radius 3 is 2.41 bits per heavy atom. The van der Waals surface area contributed by atoms with E-state index in [0.29, 0.717) is 0 Å². The number of hydrogen-bond acceptors (Lipinski definition) is 5. The number of carbonyl (C=O) groups is 2. The van der Waals surface area contributed by atoms with Crippen LogP contribution in [0.1, 0.15) is 13.3 Å². The number of methoxy groups -OCH3 is 1. The molecule has 0 aliphatic heterocycles. The second kappa shape index (κ2) is 6.52. The lowest BCUT2D eigenvalue weighted by Gasteiger charge is -2.18. The summed E-state index contributed by atoms with van der Waals surface area (Å²) in [4.78, 5) is 21.3. The van der Waals surface area contributed by atoms with Crippen molar-refractivity contribution < 1.29 is 27.9 Å². The molecule has 0 aliphatic carbocycles. The summed E-state index contributed by atoms with van der Waals surface area (Å²) in [5, 5.41) is 8.56. The largest absolute Gasteiger partial charge is 0.480 e. The molecule has 0 aromatic heterocycles. The highest BCUT2D eigenvalue weighted by molar-refractivity contribution is 7.87. The van der Waals surface area contributed by atoms with Crippen molar-refractivity contribution in [3.8, 4) is 0 Å². The van der Waals surface area contributed by atoms with E-state index in [9.17, 15) is 18.0 Å². The summed E-state index contributed by atoms with van der Waals surface area (Å²) in [6.45, 7) is 1.11. The van der Waals surface area contributed by atoms with Gasteiger partial charge in [0, 0.05) is 13.6 Å². The number of carbonyl (C=O) groups excluding carboxylic acids is 1. The zero-order valence-electron chi connectivity index (χ0n) is 9.84. The molecule has 9 heteroatoms. The van der Waals surface area contributed by atoms with Gasteiger partial charge in [0.25, 0.3) is 10.2 Å². The monoisotopic (exact) mass is 268 g/mol. The molecule has 0 amide bonds. The number of ether oxygens (including phenoxy) is 1. The number of rotatable bonds is 7. The maximum absolute atomic E-state index is 11.5. The first-order valence-corrected chi connectivity index (χ1v) is 6.18. The summed E-state index contributed by atoms with van der Waals surface area (Å²) >= 11 is 0. The molecule has 0 saturated heterocycles. The topological polar surface area (TPSA) is 113 Å². The van der Waals surface area contributed by atoms with Crippen LogP contribution < -0.4 is 4.72 Å². The van der Waals surface area contributed by atoms with Crippen LogP contribution in [0.3, 0.4) is 0 Å². The van der Waals surface area contributed by atoms with Crippen LogP contribution in [0.25, 0.3) is 0 Å². The minimum Gasteiger partial charge on any atom is -0.480 e. The number of carboxylic acid groups (broad SMARTS) is 1. The van der Waals surface area contributed by atoms with Gasteiger partial charge < -0.3 is 9.84 Å². The quantitative estimate of drug-likeness (QED) is 0.560. The van der Waals surface area contributed by atoms with Crippen molar-refractivity contribution in [1.29, 1.82) is 0 Å². The molecule has 0 radical (unpaired) electrons. The van der Waals surface area contributed by atoms with Gasteiger partial charge in [-0.05, 0) is 6.92 Å². The molecule has 0 aromatic rings. The summed E-state index contributed by atoms with van der Waals surface area (Å²) in [5.74, 6) is -1.83. The highest BCUT2D eigenvalue weighted by Gasteiger charge is 2.23. The smallest absolute Gasteiger partial charge is 0.321 e. The summed E-state index contributed by atoms with van der Waals surface area (Å²) < 4.78 is 30.2. The van der Waals surface area contributed by atoms with E-state index in [4.69, 9.17) is 5.11 Å². The number of esters is 1. The maximum Gasteiger partial charge on any atom is 0.321 e. The molecule has 0 saturated carbocycles. The fourth-order valence-electron chi connectivity index (χ4n) is 0.835. The number of aliphatic carboxylic acids is 1. The number of carboxylic acids is 1. The van der Waals surface area contributed by atoms with Crippen molar-refractivity contribution >= 4 is 22.1 Å². The van der Waals surface area contributed by atoms with Crippen molar-refractivity contribution in [2.24, 2.45) is 0 Å². The van der Waals surface area contributed by atoms with Crippen LogP contribution in [0, 0.1) is 0 Å². The third kappa shape index (κ3) is 5.61. The molecule has 1 atom stereocenters. The van der Waals surface area contributed by atoms with Gasteiger partial charge in [-0.2, -0.15) is 17.4 Å². The van der Waals surface area contributed by atoms with Crippen molar-refractivity contribution in [3.05, 3.63) is 0 Å². The lowest BCUT2D eigenvalue weighted by atomic mass is 10.4. The number of nitrogens with one attached hydrogen (secondary N) is 1. The second-order valence-electron chi connectivity index (χ2n) is 3.33. The Morgan fingerprint density at radius 2 is 2.00 bits per heavy atom. The molecular formula is C8H16N2O6S. The van der Waals surface area contributed by atoms with Gasteiger partial charge in [-0.3, -0.25) is 9.59 Å². The van der Waals surface area contributed by atoms with Gasteiger partial charge in [-0.15, -0.1) is 0 Å². The number of hydrogen-bond donors (Lipinski definition) is 2. The Balaban J connectivity index is 4.40. The van der Waals surface area contributed by atoms with E-state index in [2.05, 4.69) is 4.74 Å². The lowest BCUT2D eigenvalue weighted by Crippen LogP contribution is -2.46. The first-order chi connectivity index (χ1) is 7.70. The molecule has 17 heavy (non-hydrogen) atoms. The van der Waals surface area contributed by atoms with Crippen LogP contribution in [0.2, 0.25) is 0 Å². The van der Waals surface area contributed by atoms with Gasteiger partial charge in [0.15, 0.2) is 0 Å². The molecule has 0 rings (SSSR count). The average molecular weight is 268 g/mol. The Labute approximate surface area is 99.7 Å². The second-order valence-corrected chi connectivity index (χ2v) is 5.14. The summed E-state index contributed by atoms with van der Waals surface area (Å²) in [6, 6.07) is -1.24. The average Bonchev–Trinajstić information content (AvgIpc) is 2.24. The number of nitrogens with zero attached hydrogens (tertiary/aromatic N) is 1. The third-order valence-electron chi connectivity index (χ3n) is 1.96. The van der Waals surface area contributed by atoms with E-state index in [1.807, 2.05) is 4.72 Å². The molecule has 0 heterocycles. The van der Waals surface area contributed by atoms with E-state index in [1.165, 1.54) is 21.1 Å².